The lowest BCUT2D eigenvalue weighted by Gasteiger charge is -2.20. The SMILES string of the molecule is CCn1ncc(OC)c1C(NN)c1ccc(C)cc1Cl. The molecule has 2 aromatic rings. The molecule has 0 radical (unpaired) electrons. The Bertz CT molecular complexity index is 575. The smallest absolute Gasteiger partial charge is 0.161 e. The van der Waals surface area contributed by atoms with Gasteiger partial charge >= 0.3 is 0 Å². The Kier molecular flexibility index (Phi) is 4.65. The highest BCUT2D eigenvalue weighted by atomic mass is 35.5. The molecule has 1 unspecified atom stereocenters. The summed E-state index contributed by atoms with van der Waals surface area (Å²) in [5.74, 6) is 6.43. The first kappa shape index (κ1) is 14.8. The van der Waals surface area contributed by atoms with E-state index in [1.807, 2.05) is 36.7 Å². The maximum atomic E-state index is 6.34. The lowest BCUT2D eigenvalue weighted by atomic mass is 10.0. The van der Waals surface area contributed by atoms with Crippen molar-refractivity contribution in [2.24, 2.45) is 5.84 Å². The van der Waals surface area contributed by atoms with Gasteiger partial charge in [-0.25, -0.2) is 5.43 Å². The van der Waals surface area contributed by atoms with E-state index in [-0.39, 0.29) is 6.04 Å². The van der Waals surface area contributed by atoms with Crippen LogP contribution in [-0.2, 0) is 6.54 Å². The maximum Gasteiger partial charge on any atom is 0.161 e. The van der Waals surface area contributed by atoms with Gasteiger partial charge in [-0.3, -0.25) is 10.5 Å². The number of rotatable bonds is 5. The average Bonchev–Trinajstić information content (AvgIpc) is 2.85. The second-order valence-corrected chi connectivity index (χ2v) is 4.95. The molecule has 1 aromatic heterocycles. The number of ether oxygens (including phenoxy) is 1. The van der Waals surface area contributed by atoms with Crippen LogP contribution in [0.5, 0.6) is 5.75 Å². The fourth-order valence-electron chi connectivity index (χ4n) is 2.26. The second kappa shape index (κ2) is 6.26. The summed E-state index contributed by atoms with van der Waals surface area (Å²) >= 11 is 6.34. The summed E-state index contributed by atoms with van der Waals surface area (Å²) in [6, 6.07) is 5.61. The van der Waals surface area contributed by atoms with Crippen molar-refractivity contribution in [3.63, 3.8) is 0 Å². The minimum atomic E-state index is -0.277. The van der Waals surface area contributed by atoms with Gasteiger partial charge < -0.3 is 4.74 Å². The molecule has 0 aliphatic carbocycles. The largest absolute Gasteiger partial charge is 0.493 e. The molecule has 5 nitrogen and oxygen atoms in total. The first-order chi connectivity index (χ1) is 9.62. The number of aromatic nitrogens is 2. The molecule has 0 amide bonds. The highest BCUT2D eigenvalue weighted by Crippen LogP contribution is 2.33. The molecule has 0 fully saturated rings. The Morgan fingerprint density at radius 1 is 1.50 bits per heavy atom. The number of hydrazine groups is 1. The highest BCUT2D eigenvalue weighted by molar-refractivity contribution is 6.31. The Morgan fingerprint density at radius 3 is 2.80 bits per heavy atom. The van der Waals surface area contributed by atoms with Crippen LogP contribution in [0.3, 0.4) is 0 Å². The van der Waals surface area contributed by atoms with Crippen molar-refractivity contribution in [3.8, 4) is 5.75 Å². The normalized spacial score (nSPS) is 12.4. The molecule has 0 saturated carbocycles. The molecule has 2 rings (SSSR count). The van der Waals surface area contributed by atoms with E-state index in [1.165, 1.54) is 0 Å². The topological polar surface area (TPSA) is 65.1 Å². The molecule has 1 aromatic carbocycles. The zero-order valence-electron chi connectivity index (χ0n) is 11.9. The van der Waals surface area contributed by atoms with E-state index in [2.05, 4.69) is 10.5 Å². The number of aryl methyl sites for hydroxylation is 2. The summed E-state index contributed by atoms with van der Waals surface area (Å²) in [5.41, 5.74) is 5.67. The molecule has 0 saturated heterocycles. The van der Waals surface area contributed by atoms with E-state index in [4.69, 9.17) is 22.2 Å². The predicted octanol–water partition coefficient (Wildman–Crippen LogP) is 2.43. The third-order valence-electron chi connectivity index (χ3n) is 3.27. The van der Waals surface area contributed by atoms with Crippen molar-refractivity contribution < 1.29 is 4.74 Å². The van der Waals surface area contributed by atoms with Crippen molar-refractivity contribution in [2.75, 3.05) is 7.11 Å². The molecule has 1 heterocycles. The van der Waals surface area contributed by atoms with Crippen LogP contribution in [0.4, 0.5) is 0 Å². The molecule has 0 bridgehead atoms. The third-order valence-corrected chi connectivity index (χ3v) is 3.60. The number of benzene rings is 1. The molecule has 3 N–H and O–H groups in total. The monoisotopic (exact) mass is 294 g/mol. The standard InChI is InChI=1S/C14H19ClN4O/c1-4-19-14(12(20-3)8-17-19)13(18-16)10-6-5-9(2)7-11(10)15/h5-8,13,18H,4,16H2,1-3H3. The second-order valence-electron chi connectivity index (χ2n) is 4.54. The summed E-state index contributed by atoms with van der Waals surface area (Å²) in [6.45, 7) is 4.73. The number of nitrogens with two attached hydrogens (primary N) is 1. The Hall–Kier alpha value is -1.56. The molecule has 0 spiro atoms. The molecule has 20 heavy (non-hydrogen) atoms. The number of halogens is 1. The van der Waals surface area contributed by atoms with Gasteiger partial charge in [0.15, 0.2) is 5.75 Å². The van der Waals surface area contributed by atoms with Gasteiger partial charge in [0.2, 0.25) is 0 Å². The zero-order chi connectivity index (χ0) is 14.7. The minimum Gasteiger partial charge on any atom is -0.493 e. The Balaban J connectivity index is 2.54. The van der Waals surface area contributed by atoms with Gasteiger partial charge in [0.25, 0.3) is 0 Å². The molecular formula is C14H19ClN4O. The summed E-state index contributed by atoms with van der Waals surface area (Å²) < 4.78 is 7.22. The summed E-state index contributed by atoms with van der Waals surface area (Å²) in [7, 11) is 1.62. The fraction of sp³-hybridized carbons (Fsp3) is 0.357. The van der Waals surface area contributed by atoms with Crippen molar-refractivity contribution in [3.05, 3.63) is 46.2 Å². The minimum absolute atomic E-state index is 0.277. The van der Waals surface area contributed by atoms with Gasteiger partial charge in [-0.2, -0.15) is 5.10 Å². The molecular weight excluding hydrogens is 276 g/mol. The quantitative estimate of drug-likeness (QED) is 0.656. The highest BCUT2D eigenvalue weighted by Gasteiger charge is 2.24. The molecule has 0 aliphatic rings. The Labute approximate surface area is 123 Å². The molecule has 108 valence electrons. The number of hydrogen-bond donors (Lipinski definition) is 2. The maximum absolute atomic E-state index is 6.34. The lowest BCUT2D eigenvalue weighted by Crippen LogP contribution is -2.31. The van der Waals surface area contributed by atoms with Crippen LogP contribution in [0, 0.1) is 6.92 Å². The first-order valence-electron chi connectivity index (χ1n) is 6.44. The van der Waals surface area contributed by atoms with Crippen molar-refractivity contribution in [1.29, 1.82) is 0 Å². The van der Waals surface area contributed by atoms with Gasteiger partial charge in [0, 0.05) is 11.6 Å². The average molecular weight is 295 g/mol. The van der Waals surface area contributed by atoms with Crippen LogP contribution in [-0.4, -0.2) is 16.9 Å². The van der Waals surface area contributed by atoms with Gasteiger partial charge in [0.05, 0.1) is 19.3 Å². The third kappa shape index (κ3) is 2.65. The van der Waals surface area contributed by atoms with E-state index >= 15 is 0 Å². The van der Waals surface area contributed by atoms with E-state index < -0.39 is 0 Å². The summed E-state index contributed by atoms with van der Waals surface area (Å²) in [6.07, 6.45) is 1.69. The van der Waals surface area contributed by atoms with Crippen LogP contribution in [0.25, 0.3) is 0 Å². The number of hydrogen-bond acceptors (Lipinski definition) is 4. The summed E-state index contributed by atoms with van der Waals surface area (Å²) in [4.78, 5) is 0. The van der Waals surface area contributed by atoms with Gasteiger partial charge in [-0.15, -0.1) is 0 Å². The fourth-order valence-corrected chi connectivity index (χ4v) is 2.60. The lowest BCUT2D eigenvalue weighted by molar-refractivity contribution is 0.399. The molecule has 1 atom stereocenters. The van der Waals surface area contributed by atoms with Crippen molar-refractivity contribution >= 4 is 11.6 Å². The van der Waals surface area contributed by atoms with Crippen molar-refractivity contribution in [2.45, 2.75) is 26.4 Å². The van der Waals surface area contributed by atoms with E-state index in [0.717, 1.165) is 23.4 Å². The van der Waals surface area contributed by atoms with E-state index in [1.54, 1.807) is 13.3 Å². The molecule has 6 heteroatoms. The summed E-state index contributed by atoms with van der Waals surface area (Å²) in [5, 5.41) is 4.97. The van der Waals surface area contributed by atoms with E-state index in [9.17, 15) is 0 Å². The first-order valence-corrected chi connectivity index (χ1v) is 6.82. The van der Waals surface area contributed by atoms with Crippen LogP contribution < -0.4 is 16.0 Å². The van der Waals surface area contributed by atoms with Crippen LogP contribution >= 0.6 is 11.6 Å². The number of nitrogens with one attached hydrogen (secondary N) is 1. The van der Waals surface area contributed by atoms with Gasteiger partial charge in [0.1, 0.15) is 5.69 Å². The van der Waals surface area contributed by atoms with Crippen molar-refractivity contribution in [1.82, 2.24) is 15.2 Å². The van der Waals surface area contributed by atoms with E-state index in [0.29, 0.717) is 10.8 Å². The van der Waals surface area contributed by atoms with Gasteiger partial charge in [-0.05, 0) is 31.0 Å². The number of methoxy groups -OCH3 is 1. The van der Waals surface area contributed by atoms with Crippen LogP contribution in [0.1, 0.15) is 29.8 Å². The molecule has 0 aliphatic heterocycles. The predicted molar refractivity (Wildman–Crippen MR) is 79.8 cm³/mol. The van der Waals surface area contributed by atoms with Crippen LogP contribution in [0.2, 0.25) is 5.02 Å². The zero-order valence-corrected chi connectivity index (χ0v) is 12.6. The van der Waals surface area contributed by atoms with Gasteiger partial charge in [-0.1, -0.05) is 23.7 Å². The Morgan fingerprint density at radius 2 is 2.25 bits per heavy atom. The van der Waals surface area contributed by atoms with Crippen LogP contribution in [0.15, 0.2) is 24.4 Å². The number of nitrogens with zero attached hydrogens (tertiary/aromatic N) is 2.